The van der Waals surface area contributed by atoms with Gasteiger partial charge in [0.05, 0.1) is 36.3 Å². The SMILES string of the molecule is CC[C@](C)(C#N)NS(=O)(=O)c1cc(C(=O)OC)ccc1C(=O)OC. The minimum atomic E-state index is -4.27. The number of nitrogens with one attached hydrogen (secondary N) is 1. The molecule has 0 aromatic heterocycles. The molecule has 8 nitrogen and oxygen atoms in total. The van der Waals surface area contributed by atoms with Gasteiger partial charge < -0.3 is 9.47 Å². The van der Waals surface area contributed by atoms with Crippen LogP contribution in [0.25, 0.3) is 0 Å². The summed E-state index contributed by atoms with van der Waals surface area (Å²) in [6.45, 7) is 3.05. The first kappa shape index (κ1) is 19.6. The van der Waals surface area contributed by atoms with Crippen molar-refractivity contribution in [1.29, 1.82) is 5.26 Å². The van der Waals surface area contributed by atoms with Crippen LogP contribution in [-0.4, -0.2) is 40.1 Å². The Morgan fingerprint density at radius 2 is 1.83 bits per heavy atom. The van der Waals surface area contributed by atoms with Crippen LogP contribution in [-0.2, 0) is 19.5 Å². The number of benzene rings is 1. The number of nitriles is 1. The summed E-state index contributed by atoms with van der Waals surface area (Å²) in [7, 11) is -2.02. The zero-order valence-corrected chi connectivity index (χ0v) is 14.6. The van der Waals surface area contributed by atoms with Crippen LogP contribution in [0.15, 0.2) is 23.1 Å². The van der Waals surface area contributed by atoms with Crippen LogP contribution >= 0.6 is 0 Å². The number of hydrogen-bond donors (Lipinski definition) is 1. The average Bonchev–Trinajstić information content (AvgIpc) is 2.59. The maximum Gasteiger partial charge on any atom is 0.339 e. The highest BCUT2D eigenvalue weighted by Crippen LogP contribution is 2.22. The highest BCUT2D eigenvalue weighted by atomic mass is 32.2. The van der Waals surface area contributed by atoms with Crippen LogP contribution in [0.4, 0.5) is 0 Å². The number of ether oxygens (including phenoxy) is 2. The van der Waals surface area contributed by atoms with Crippen molar-refractivity contribution in [2.45, 2.75) is 30.7 Å². The first-order chi connectivity index (χ1) is 11.1. The molecule has 0 spiro atoms. The van der Waals surface area contributed by atoms with Crippen molar-refractivity contribution in [3.05, 3.63) is 29.3 Å². The Labute approximate surface area is 140 Å². The van der Waals surface area contributed by atoms with Gasteiger partial charge in [0.25, 0.3) is 0 Å². The summed E-state index contributed by atoms with van der Waals surface area (Å²) in [5, 5.41) is 9.16. The van der Waals surface area contributed by atoms with E-state index < -0.39 is 32.4 Å². The highest BCUT2D eigenvalue weighted by molar-refractivity contribution is 7.89. The molecule has 1 rings (SSSR count). The molecule has 0 saturated heterocycles. The molecule has 1 aromatic carbocycles. The van der Waals surface area contributed by atoms with Gasteiger partial charge in [0.2, 0.25) is 10.0 Å². The number of methoxy groups -OCH3 is 2. The van der Waals surface area contributed by atoms with Gasteiger partial charge in [0.1, 0.15) is 5.54 Å². The normalized spacial score (nSPS) is 13.5. The van der Waals surface area contributed by atoms with E-state index in [0.717, 1.165) is 26.4 Å². The zero-order valence-electron chi connectivity index (χ0n) is 13.7. The number of nitrogens with zero attached hydrogens (tertiary/aromatic N) is 1. The third-order valence-corrected chi connectivity index (χ3v) is 5.05. The van der Waals surface area contributed by atoms with Gasteiger partial charge in [-0.1, -0.05) is 6.92 Å². The summed E-state index contributed by atoms with van der Waals surface area (Å²) in [5.41, 5.74) is -1.68. The van der Waals surface area contributed by atoms with E-state index in [-0.39, 0.29) is 17.5 Å². The second kappa shape index (κ2) is 7.42. The number of hydrogen-bond acceptors (Lipinski definition) is 7. The molecule has 0 aliphatic heterocycles. The van der Waals surface area contributed by atoms with E-state index in [2.05, 4.69) is 14.2 Å². The Morgan fingerprint density at radius 1 is 1.25 bits per heavy atom. The Kier molecular flexibility index (Phi) is 6.06. The van der Waals surface area contributed by atoms with Gasteiger partial charge in [-0.05, 0) is 31.5 Å². The van der Waals surface area contributed by atoms with Gasteiger partial charge in [0, 0.05) is 0 Å². The Bertz CT molecular complexity index is 797. The molecule has 1 aromatic rings. The van der Waals surface area contributed by atoms with Gasteiger partial charge >= 0.3 is 11.9 Å². The molecule has 24 heavy (non-hydrogen) atoms. The van der Waals surface area contributed by atoms with Crippen LogP contribution in [0.2, 0.25) is 0 Å². The summed E-state index contributed by atoms with van der Waals surface area (Å²) >= 11 is 0. The Morgan fingerprint density at radius 3 is 2.29 bits per heavy atom. The molecule has 0 radical (unpaired) electrons. The van der Waals surface area contributed by atoms with E-state index in [1.807, 2.05) is 6.07 Å². The number of sulfonamides is 1. The second-order valence-electron chi connectivity index (χ2n) is 5.10. The predicted octanol–water partition coefficient (Wildman–Crippen LogP) is 1.23. The van der Waals surface area contributed by atoms with Crippen molar-refractivity contribution >= 4 is 22.0 Å². The molecule has 0 fully saturated rings. The van der Waals surface area contributed by atoms with Crippen LogP contribution in [0.5, 0.6) is 0 Å². The third kappa shape index (κ3) is 4.10. The second-order valence-corrected chi connectivity index (χ2v) is 6.75. The minimum Gasteiger partial charge on any atom is -0.465 e. The third-order valence-electron chi connectivity index (χ3n) is 3.41. The van der Waals surface area contributed by atoms with Crippen molar-refractivity contribution < 1.29 is 27.5 Å². The number of carbonyl (C=O) groups excluding carboxylic acids is 2. The lowest BCUT2D eigenvalue weighted by molar-refractivity contribution is 0.0583. The van der Waals surface area contributed by atoms with Gasteiger partial charge in [-0.15, -0.1) is 0 Å². The fourth-order valence-electron chi connectivity index (χ4n) is 1.79. The van der Waals surface area contributed by atoms with Gasteiger partial charge in [-0.25, -0.2) is 18.0 Å². The molecule has 0 saturated carbocycles. The van der Waals surface area contributed by atoms with E-state index in [4.69, 9.17) is 5.26 Å². The summed E-state index contributed by atoms with van der Waals surface area (Å²) < 4.78 is 36.7. The lowest BCUT2D eigenvalue weighted by Crippen LogP contribution is -2.44. The number of rotatable bonds is 6. The molecule has 1 N–H and O–H groups in total. The molecule has 0 aliphatic carbocycles. The van der Waals surface area contributed by atoms with Crippen LogP contribution in [0.1, 0.15) is 41.0 Å². The van der Waals surface area contributed by atoms with Crippen molar-refractivity contribution in [2.24, 2.45) is 0 Å². The van der Waals surface area contributed by atoms with Crippen molar-refractivity contribution in [3.63, 3.8) is 0 Å². The lowest BCUT2D eigenvalue weighted by Gasteiger charge is -2.22. The molecule has 130 valence electrons. The maximum absolute atomic E-state index is 12.6. The summed E-state index contributed by atoms with van der Waals surface area (Å²) in [6.07, 6.45) is 0.201. The average molecular weight is 354 g/mol. The molecule has 0 bridgehead atoms. The minimum absolute atomic E-state index is 0.0549. The van der Waals surface area contributed by atoms with Crippen molar-refractivity contribution in [3.8, 4) is 6.07 Å². The quantitative estimate of drug-likeness (QED) is 0.762. The molecule has 0 aliphatic rings. The molecule has 0 heterocycles. The first-order valence-corrected chi connectivity index (χ1v) is 8.38. The smallest absolute Gasteiger partial charge is 0.339 e. The largest absolute Gasteiger partial charge is 0.465 e. The van der Waals surface area contributed by atoms with Crippen LogP contribution in [0, 0.1) is 11.3 Å². The fraction of sp³-hybridized carbons (Fsp3) is 0.400. The molecule has 0 amide bonds. The molecular formula is C15H18N2O6S. The monoisotopic (exact) mass is 354 g/mol. The molecule has 9 heteroatoms. The fourth-order valence-corrected chi connectivity index (χ4v) is 3.41. The standard InChI is InChI=1S/C15H18N2O6S/c1-5-15(2,9-16)17-24(20,21)12-8-10(13(18)22-3)6-7-11(12)14(19)23-4/h6-8,17H,5H2,1-4H3/t15-/m1/s1. The van der Waals surface area contributed by atoms with E-state index >= 15 is 0 Å². The van der Waals surface area contributed by atoms with E-state index in [9.17, 15) is 18.0 Å². The highest BCUT2D eigenvalue weighted by Gasteiger charge is 2.32. The molecular weight excluding hydrogens is 336 g/mol. The molecule has 0 unspecified atom stereocenters. The van der Waals surface area contributed by atoms with Crippen LogP contribution < -0.4 is 4.72 Å². The predicted molar refractivity (Wildman–Crippen MR) is 83.8 cm³/mol. The Balaban J connectivity index is 3.55. The topological polar surface area (TPSA) is 123 Å². The maximum atomic E-state index is 12.6. The summed E-state index contributed by atoms with van der Waals surface area (Å²) in [5.74, 6) is -1.65. The van der Waals surface area contributed by atoms with Gasteiger partial charge in [-0.2, -0.15) is 9.98 Å². The number of carbonyl (C=O) groups is 2. The van der Waals surface area contributed by atoms with Gasteiger partial charge in [0.15, 0.2) is 0 Å². The van der Waals surface area contributed by atoms with Gasteiger partial charge in [-0.3, -0.25) is 0 Å². The van der Waals surface area contributed by atoms with Crippen LogP contribution in [0.3, 0.4) is 0 Å². The summed E-state index contributed by atoms with van der Waals surface area (Å²) in [4.78, 5) is 23.0. The number of esters is 2. The van der Waals surface area contributed by atoms with E-state index in [1.165, 1.54) is 13.0 Å². The Hall–Kier alpha value is -2.44. The van der Waals surface area contributed by atoms with E-state index in [1.54, 1.807) is 6.92 Å². The zero-order chi connectivity index (χ0) is 18.5. The van der Waals surface area contributed by atoms with E-state index in [0.29, 0.717) is 0 Å². The lowest BCUT2D eigenvalue weighted by atomic mass is 10.0. The molecule has 1 atom stereocenters. The summed E-state index contributed by atoms with van der Waals surface area (Å²) in [6, 6.07) is 5.28. The first-order valence-electron chi connectivity index (χ1n) is 6.90. The van der Waals surface area contributed by atoms with Crippen molar-refractivity contribution in [2.75, 3.05) is 14.2 Å². The van der Waals surface area contributed by atoms with Crippen molar-refractivity contribution in [1.82, 2.24) is 4.72 Å².